The van der Waals surface area contributed by atoms with Crippen molar-refractivity contribution in [3.8, 4) is 33.4 Å². The molecule has 0 heteroatoms. The van der Waals surface area contributed by atoms with Gasteiger partial charge in [0, 0.05) is 0 Å². The number of hydrogen-bond donors (Lipinski definition) is 0. The van der Waals surface area contributed by atoms with Crippen LogP contribution in [0.5, 0.6) is 0 Å². The van der Waals surface area contributed by atoms with Crippen LogP contribution in [-0.2, 0) is 16.2 Å². The van der Waals surface area contributed by atoms with E-state index in [9.17, 15) is 0 Å². The molecular formula is C54H56. The van der Waals surface area contributed by atoms with Crippen LogP contribution < -0.4 is 0 Å². The van der Waals surface area contributed by atoms with Crippen molar-refractivity contribution in [2.45, 2.75) is 113 Å². The maximum absolute atomic E-state index is 2.53. The van der Waals surface area contributed by atoms with Crippen molar-refractivity contribution in [2.24, 2.45) is 5.41 Å². The number of hydrogen-bond acceptors (Lipinski definition) is 0. The Hall–Kier alpha value is -4.68. The Labute approximate surface area is 323 Å². The lowest BCUT2D eigenvalue weighted by molar-refractivity contribution is 0.421. The molecule has 0 aliphatic heterocycles. The predicted octanol–water partition coefficient (Wildman–Crippen LogP) is 16.0. The van der Waals surface area contributed by atoms with Gasteiger partial charge in [-0.15, -0.1) is 0 Å². The van der Waals surface area contributed by atoms with Crippen molar-refractivity contribution in [2.75, 3.05) is 0 Å². The molecule has 0 amide bonds. The SMILES string of the molecule is Cc1cc(C(C)(C)C)cc2c1/C(=C\CC(C)(C)C)c1cc3c(ccc4c5cc6c(cc5ccc34)-c3cc(C(C)(C)C)cc4cc(C(C)(C)C)cc-6c34)cc1-2. The molecule has 54 heavy (non-hydrogen) atoms. The summed E-state index contributed by atoms with van der Waals surface area (Å²) >= 11 is 0. The van der Waals surface area contributed by atoms with E-state index in [2.05, 4.69) is 181 Å². The van der Waals surface area contributed by atoms with Gasteiger partial charge in [-0.25, -0.2) is 0 Å². The highest BCUT2D eigenvalue weighted by Crippen LogP contribution is 2.53. The summed E-state index contributed by atoms with van der Waals surface area (Å²) in [4.78, 5) is 0. The Morgan fingerprint density at radius 3 is 1.35 bits per heavy atom. The van der Waals surface area contributed by atoms with Crippen molar-refractivity contribution in [1.82, 2.24) is 0 Å². The average Bonchev–Trinajstić information content (AvgIpc) is 3.56. The molecule has 0 atom stereocenters. The topological polar surface area (TPSA) is 0 Å². The quantitative estimate of drug-likeness (QED) is 0.149. The van der Waals surface area contributed by atoms with Crippen LogP contribution in [0.2, 0.25) is 0 Å². The molecule has 0 aromatic heterocycles. The Morgan fingerprint density at radius 1 is 0.407 bits per heavy atom. The van der Waals surface area contributed by atoms with Gasteiger partial charge in [-0.05, 0) is 193 Å². The number of fused-ring (bicyclic) bond motifs is 11. The fourth-order valence-electron chi connectivity index (χ4n) is 9.21. The Balaban J connectivity index is 1.29. The van der Waals surface area contributed by atoms with Crippen molar-refractivity contribution < 1.29 is 0 Å². The number of allylic oxidation sites excluding steroid dienone is 1. The first kappa shape index (κ1) is 35.0. The van der Waals surface area contributed by atoms with E-state index in [0.29, 0.717) is 0 Å². The van der Waals surface area contributed by atoms with E-state index in [1.807, 2.05) is 0 Å². The maximum atomic E-state index is 2.53. The van der Waals surface area contributed by atoms with Crippen LogP contribution >= 0.6 is 0 Å². The highest BCUT2D eigenvalue weighted by Gasteiger charge is 2.31. The largest absolute Gasteiger partial charge is 0.0755 e. The fourth-order valence-corrected chi connectivity index (χ4v) is 9.21. The van der Waals surface area contributed by atoms with Gasteiger partial charge < -0.3 is 0 Å². The molecular weight excluding hydrogens is 649 g/mol. The Bertz CT molecular complexity index is 2800. The Kier molecular flexibility index (Phi) is 7.26. The second-order valence-corrected chi connectivity index (χ2v) is 21.0. The molecule has 9 rings (SSSR count). The maximum Gasteiger partial charge on any atom is -0.00260 e. The first-order chi connectivity index (χ1) is 25.2. The smallest absolute Gasteiger partial charge is 0.00260 e. The lowest BCUT2D eigenvalue weighted by Crippen LogP contribution is -2.12. The number of benzene rings is 7. The molecule has 0 fully saturated rings. The van der Waals surface area contributed by atoms with E-state index in [1.165, 1.54) is 115 Å². The molecule has 272 valence electrons. The summed E-state index contributed by atoms with van der Waals surface area (Å²) in [5.41, 5.74) is 18.5. The molecule has 0 heterocycles. The highest BCUT2D eigenvalue weighted by molar-refractivity contribution is 6.23. The molecule has 0 saturated carbocycles. The van der Waals surface area contributed by atoms with Gasteiger partial charge in [0.05, 0.1) is 0 Å². The highest BCUT2D eigenvalue weighted by atomic mass is 14.3. The summed E-state index contributed by atoms with van der Waals surface area (Å²) in [5, 5.41) is 10.7. The molecule has 7 aromatic rings. The third kappa shape index (κ3) is 5.38. The van der Waals surface area contributed by atoms with Gasteiger partial charge in [-0.1, -0.05) is 132 Å². The van der Waals surface area contributed by atoms with E-state index in [-0.39, 0.29) is 21.7 Å². The zero-order chi connectivity index (χ0) is 38.4. The van der Waals surface area contributed by atoms with Gasteiger partial charge >= 0.3 is 0 Å². The van der Waals surface area contributed by atoms with E-state index >= 15 is 0 Å². The van der Waals surface area contributed by atoms with Crippen LogP contribution in [0, 0.1) is 12.3 Å². The summed E-state index contributed by atoms with van der Waals surface area (Å²) in [7, 11) is 0. The van der Waals surface area contributed by atoms with Gasteiger partial charge in [0.15, 0.2) is 0 Å². The van der Waals surface area contributed by atoms with Crippen LogP contribution in [0.4, 0.5) is 0 Å². The molecule has 2 aliphatic rings. The molecule has 0 N–H and O–H groups in total. The van der Waals surface area contributed by atoms with Gasteiger partial charge in [0.1, 0.15) is 0 Å². The van der Waals surface area contributed by atoms with E-state index in [0.717, 1.165) is 6.42 Å². The average molecular weight is 705 g/mol. The second-order valence-electron chi connectivity index (χ2n) is 21.0. The first-order valence-corrected chi connectivity index (χ1v) is 20.1. The summed E-state index contributed by atoms with van der Waals surface area (Å²) in [6.45, 7) is 30.4. The van der Waals surface area contributed by atoms with E-state index in [1.54, 1.807) is 0 Å². The third-order valence-electron chi connectivity index (χ3n) is 12.4. The van der Waals surface area contributed by atoms with Crippen molar-refractivity contribution >= 4 is 48.7 Å². The van der Waals surface area contributed by atoms with Crippen LogP contribution in [-0.4, -0.2) is 0 Å². The van der Waals surface area contributed by atoms with Gasteiger partial charge in [0.25, 0.3) is 0 Å². The zero-order valence-corrected chi connectivity index (χ0v) is 34.9. The summed E-state index contributed by atoms with van der Waals surface area (Å²) in [6.07, 6.45) is 3.56. The van der Waals surface area contributed by atoms with Crippen LogP contribution in [0.25, 0.3) is 82.0 Å². The van der Waals surface area contributed by atoms with Gasteiger partial charge in [0.2, 0.25) is 0 Å². The Morgan fingerprint density at radius 2 is 0.852 bits per heavy atom. The molecule has 0 nitrogen and oxygen atoms in total. The minimum atomic E-state index is 0.0563. The van der Waals surface area contributed by atoms with Gasteiger partial charge in [-0.3, -0.25) is 0 Å². The monoisotopic (exact) mass is 704 g/mol. The first-order valence-electron chi connectivity index (χ1n) is 20.1. The molecule has 7 aromatic carbocycles. The van der Waals surface area contributed by atoms with Gasteiger partial charge in [-0.2, -0.15) is 0 Å². The summed E-state index contributed by atoms with van der Waals surface area (Å²) in [5.74, 6) is 0. The molecule has 0 unspecified atom stereocenters. The van der Waals surface area contributed by atoms with Crippen LogP contribution in [0.15, 0.2) is 91.0 Å². The standard InChI is InChI=1S/C54H56/c1-30-20-34(52(5,6)7)25-46-42-23-31-14-17-38-37(40(31)28-44(42)39(49(30)46)18-19-51(2,3)4)16-15-32-24-43-45(29-41(32)38)48-27-36(54(11,12)13)22-33-21-35(53(8,9)10)26-47(43)50(33)48/h14-18,20-29H,19H2,1-13H3/b39-18-. The van der Waals surface area contributed by atoms with Crippen molar-refractivity contribution in [3.63, 3.8) is 0 Å². The molecule has 0 radical (unpaired) electrons. The fraction of sp³-hybridized carbons (Fsp3) is 0.333. The van der Waals surface area contributed by atoms with E-state index < -0.39 is 0 Å². The lowest BCUT2D eigenvalue weighted by Gasteiger charge is -2.23. The summed E-state index contributed by atoms with van der Waals surface area (Å²) < 4.78 is 0. The molecule has 2 aliphatic carbocycles. The normalized spacial score (nSPS) is 14.9. The van der Waals surface area contributed by atoms with Crippen molar-refractivity contribution in [3.05, 3.63) is 124 Å². The van der Waals surface area contributed by atoms with E-state index in [4.69, 9.17) is 0 Å². The molecule has 0 bridgehead atoms. The van der Waals surface area contributed by atoms with Crippen LogP contribution in [0.1, 0.15) is 123 Å². The minimum absolute atomic E-state index is 0.0563. The van der Waals surface area contributed by atoms with Crippen LogP contribution in [0.3, 0.4) is 0 Å². The van der Waals surface area contributed by atoms with Crippen molar-refractivity contribution in [1.29, 1.82) is 0 Å². The third-order valence-corrected chi connectivity index (χ3v) is 12.4. The minimum Gasteiger partial charge on any atom is -0.0755 e. The lowest BCUT2D eigenvalue weighted by atomic mass is 9.81. The second kappa shape index (κ2) is 11.2. The molecule has 0 spiro atoms. The molecule has 0 saturated heterocycles. The number of aryl methyl sites for hydroxylation is 1. The predicted molar refractivity (Wildman–Crippen MR) is 238 cm³/mol. The summed E-state index contributed by atoms with van der Waals surface area (Å²) in [6, 6.07) is 34.3. The number of rotatable bonds is 1. The zero-order valence-electron chi connectivity index (χ0n) is 34.9.